The zero-order valence-corrected chi connectivity index (χ0v) is 11.6. The van der Waals surface area contributed by atoms with Crippen LogP contribution in [-0.2, 0) is 17.6 Å². The van der Waals surface area contributed by atoms with E-state index in [9.17, 15) is 9.90 Å². The van der Waals surface area contributed by atoms with Crippen LogP contribution in [0, 0.1) is 0 Å². The summed E-state index contributed by atoms with van der Waals surface area (Å²) < 4.78 is 5.15. The van der Waals surface area contributed by atoms with Gasteiger partial charge in [0.1, 0.15) is 0 Å². The summed E-state index contributed by atoms with van der Waals surface area (Å²) in [5.41, 5.74) is 3.17. The largest absolute Gasteiger partial charge is 0.449 e. The highest BCUT2D eigenvalue weighted by atomic mass is 16.6. The van der Waals surface area contributed by atoms with Crippen molar-refractivity contribution in [2.24, 2.45) is 0 Å². The fourth-order valence-corrected chi connectivity index (χ4v) is 2.60. The van der Waals surface area contributed by atoms with Crippen molar-refractivity contribution < 1.29 is 14.6 Å². The quantitative estimate of drug-likeness (QED) is 0.908. The molecule has 1 amide bonds. The number of hydrogen-bond donors (Lipinski definition) is 1. The first-order valence-electron chi connectivity index (χ1n) is 6.90. The van der Waals surface area contributed by atoms with Crippen molar-refractivity contribution in [3.8, 4) is 0 Å². The Morgan fingerprint density at radius 3 is 2.47 bits per heavy atom. The van der Waals surface area contributed by atoms with Gasteiger partial charge in [-0.15, -0.1) is 0 Å². The number of benzene rings is 1. The Morgan fingerprint density at radius 1 is 1.32 bits per heavy atom. The Morgan fingerprint density at radius 2 is 1.95 bits per heavy atom. The van der Waals surface area contributed by atoms with Crippen molar-refractivity contribution in [3.63, 3.8) is 0 Å². The molecule has 4 nitrogen and oxygen atoms in total. The van der Waals surface area contributed by atoms with Crippen LogP contribution >= 0.6 is 0 Å². The lowest BCUT2D eigenvalue weighted by molar-refractivity contribution is 0.115. The van der Waals surface area contributed by atoms with Gasteiger partial charge in [-0.2, -0.15) is 0 Å². The fraction of sp³-hybridized carbons (Fsp3) is 0.533. The first-order chi connectivity index (χ1) is 9.22. The predicted molar refractivity (Wildman–Crippen MR) is 74.5 cm³/mol. The number of carbonyl (C=O) groups excluding carboxylic acids is 1. The van der Waals surface area contributed by atoms with Crippen LogP contribution in [0.15, 0.2) is 18.2 Å². The summed E-state index contributed by atoms with van der Waals surface area (Å²) in [7, 11) is 0. The van der Waals surface area contributed by atoms with E-state index in [2.05, 4.69) is 13.8 Å². The van der Waals surface area contributed by atoms with Crippen LogP contribution in [0.25, 0.3) is 0 Å². The van der Waals surface area contributed by atoms with Crippen LogP contribution in [0.5, 0.6) is 0 Å². The third-order valence-electron chi connectivity index (χ3n) is 3.66. The molecule has 1 aromatic rings. The molecule has 0 aliphatic carbocycles. The minimum Gasteiger partial charge on any atom is -0.449 e. The van der Waals surface area contributed by atoms with Crippen molar-refractivity contribution in [3.05, 3.63) is 29.3 Å². The topological polar surface area (TPSA) is 49.8 Å². The molecule has 1 unspecified atom stereocenters. The summed E-state index contributed by atoms with van der Waals surface area (Å²) in [5, 5.41) is 9.52. The highest BCUT2D eigenvalue weighted by Crippen LogP contribution is 2.31. The molecule has 0 bridgehead atoms. The second-order valence-corrected chi connectivity index (χ2v) is 4.74. The van der Waals surface area contributed by atoms with Gasteiger partial charge in [-0.05, 0) is 24.0 Å². The lowest BCUT2D eigenvalue weighted by atomic mass is 10.00. The van der Waals surface area contributed by atoms with Gasteiger partial charge in [-0.3, -0.25) is 4.90 Å². The third kappa shape index (κ3) is 2.59. The van der Waals surface area contributed by atoms with Crippen LogP contribution in [0.4, 0.5) is 10.5 Å². The number of anilines is 1. The van der Waals surface area contributed by atoms with E-state index in [1.165, 1.54) is 0 Å². The maximum absolute atomic E-state index is 12.1. The SMILES string of the molecule is CCc1cccc(CC)c1N1C(=O)OCCC1CO. The van der Waals surface area contributed by atoms with E-state index >= 15 is 0 Å². The number of cyclic esters (lactones) is 1. The average molecular weight is 263 g/mol. The lowest BCUT2D eigenvalue weighted by Crippen LogP contribution is -2.48. The van der Waals surface area contributed by atoms with E-state index in [-0.39, 0.29) is 18.7 Å². The smallest absolute Gasteiger partial charge is 0.414 e. The van der Waals surface area contributed by atoms with E-state index in [0.717, 1.165) is 29.7 Å². The molecule has 2 rings (SSSR count). The number of ether oxygens (including phenoxy) is 1. The zero-order valence-electron chi connectivity index (χ0n) is 11.6. The van der Waals surface area contributed by atoms with Gasteiger partial charge in [0.2, 0.25) is 0 Å². The summed E-state index contributed by atoms with van der Waals surface area (Å²) in [6, 6.07) is 5.90. The second kappa shape index (κ2) is 6.06. The number of para-hydroxylation sites is 1. The predicted octanol–water partition coefficient (Wildman–Crippen LogP) is 2.52. The molecule has 19 heavy (non-hydrogen) atoms. The van der Waals surface area contributed by atoms with Crippen molar-refractivity contribution in [1.82, 2.24) is 0 Å². The van der Waals surface area contributed by atoms with Gasteiger partial charge in [0.15, 0.2) is 0 Å². The molecule has 104 valence electrons. The monoisotopic (exact) mass is 263 g/mol. The van der Waals surface area contributed by atoms with Crippen LogP contribution in [0.2, 0.25) is 0 Å². The van der Waals surface area contributed by atoms with Crippen molar-refractivity contribution in [1.29, 1.82) is 0 Å². The number of hydrogen-bond acceptors (Lipinski definition) is 3. The number of nitrogens with zero attached hydrogens (tertiary/aromatic N) is 1. The molecule has 0 saturated carbocycles. The molecular weight excluding hydrogens is 242 g/mol. The maximum Gasteiger partial charge on any atom is 0.414 e. The highest BCUT2D eigenvalue weighted by Gasteiger charge is 2.32. The third-order valence-corrected chi connectivity index (χ3v) is 3.66. The molecule has 1 atom stereocenters. The Hall–Kier alpha value is -1.55. The highest BCUT2D eigenvalue weighted by molar-refractivity contribution is 5.91. The summed E-state index contributed by atoms with van der Waals surface area (Å²) in [6.45, 7) is 4.50. The summed E-state index contributed by atoms with van der Waals surface area (Å²) in [6.07, 6.45) is 2.03. The van der Waals surface area contributed by atoms with E-state index in [0.29, 0.717) is 13.0 Å². The van der Waals surface area contributed by atoms with Gasteiger partial charge in [-0.1, -0.05) is 32.0 Å². The minimum absolute atomic E-state index is 0.0314. The van der Waals surface area contributed by atoms with Gasteiger partial charge in [0.25, 0.3) is 0 Å². The minimum atomic E-state index is -0.346. The van der Waals surface area contributed by atoms with E-state index in [1.807, 2.05) is 18.2 Å². The molecule has 0 radical (unpaired) electrons. The normalized spacial score (nSPS) is 19.4. The van der Waals surface area contributed by atoms with Crippen LogP contribution in [0.1, 0.15) is 31.4 Å². The fourth-order valence-electron chi connectivity index (χ4n) is 2.60. The molecular formula is C15H21NO3. The second-order valence-electron chi connectivity index (χ2n) is 4.74. The van der Waals surface area contributed by atoms with Crippen LogP contribution in [0.3, 0.4) is 0 Å². The van der Waals surface area contributed by atoms with Crippen molar-refractivity contribution in [2.75, 3.05) is 18.1 Å². The first-order valence-corrected chi connectivity index (χ1v) is 6.90. The first kappa shape index (κ1) is 13.9. The summed E-state index contributed by atoms with van der Waals surface area (Å²) >= 11 is 0. The molecule has 1 saturated heterocycles. The molecule has 4 heteroatoms. The number of aliphatic hydroxyl groups excluding tert-OH is 1. The summed E-state index contributed by atoms with van der Waals surface area (Å²) in [4.78, 5) is 13.7. The van der Waals surface area contributed by atoms with Gasteiger partial charge < -0.3 is 9.84 Å². The van der Waals surface area contributed by atoms with Gasteiger partial charge in [0.05, 0.1) is 24.9 Å². The molecule has 1 N–H and O–H groups in total. The lowest BCUT2D eigenvalue weighted by Gasteiger charge is -2.36. The van der Waals surface area contributed by atoms with E-state index < -0.39 is 0 Å². The van der Waals surface area contributed by atoms with Crippen LogP contribution < -0.4 is 4.90 Å². The summed E-state index contributed by atoms with van der Waals surface area (Å²) in [5.74, 6) is 0. The molecule has 1 aliphatic heterocycles. The Balaban J connectivity index is 2.50. The molecule has 1 fully saturated rings. The zero-order chi connectivity index (χ0) is 13.8. The number of amides is 1. The molecule has 1 aliphatic rings. The standard InChI is InChI=1S/C15H21NO3/c1-3-11-6-5-7-12(4-2)14(11)16-13(10-17)8-9-19-15(16)18/h5-7,13,17H,3-4,8-10H2,1-2H3. The van der Waals surface area contributed by atoms with Gasteiger partial charge >= 0.3 is 6.09 Å². The number of aryl methyl sites for hydroxylation is 2. The number of carbonyl (C=O) groups is 1. The molecule has 0 spiro atoms. The van der Waals surface area contributed by atoms with Crippen molar-refractivity contribution in [2.45, 2.75) is 39.2 Å². The molecule has 0 aromatic heterocycles. The van der Waals surface area contributed by atoms with Gasteiger partial charge in [-0.25, -0.2) is 4.79 Å². The Labute approximate surface area is 114 Å². The molecule has 1 heterocycles. The van der Waals surface area contributed by atoms with Crippen LogP contribution in [-0.4, -0.2) is 30.5 Å². The van der Waals surface area contributed by atoms with E-state index in [1.54, 1.807) is 4.90 Å². The Bertz CT molecular complexity index is 436. The Kier molecular flexibility index (Phi) is 4.43. The molecule has 1 aromatic carbocycles. The average Bonchev–Trinajstić information content (AvgIpc) is 2.46. The number of rotatable bonds is 4. The maximum atomic E-state index is 12.1. The number of aliphatic hydroxyl groups is 1. The van der Waals surface area contributed by atoms with Crippen molar-refractivity contribution >= 4 is 11.8 Å². The van der Waals surface area contributed by atoms with Gasteiger partial charge in [0, 0.05) is 6.42 Å². The van der Waals surface area contributed by atoms with E-state index in [4.69, 9.17) is 4.74 Å².